The summed E-state index contributed by atoms with van der Waals surface area (Å²) in [5.41, 5.74) is 0.404. The number of imide groups is 1. The molecule has 3 rings (SSSR count). The van der Waals surface area contributed by atoms with Crippen LogP contribution in [0, 0.1) is 5.92 Å². The van der Waals surface area contributed by atoms with E-state index >= 15 is 0 Å². The van der Waals surface area contributed by atoms with E-state index in [1.807, 2.05) is 0 Å². The molecule has 106 valence electrons. The highest BCUT2D eigenvalue weighted by atomic mass is 35.5. The van der Waals surface area contributed by atoms with E-state index in [0.29, 0.717) is 6.42 Å². The number of pyridine rings is 1. The second-order valence-corrected chi connectivity index (χ2v) is 5.40. The zero-order chi connectivity index (χ0) is 15.1. The SMILES string of the molecule is O=C1C(=O)N(C(=O)c2ccc(Cl)nc2)C2=C(Cl)C=CCC12. The van der Waals surface area contributed by atoms with Crippen molar-refractivity contribution in [2.24, 2.45) is 5.92 Å². The van der Waals surface area contributed by atoms with Gasteiger partial charge in [0.15, 0.2) is 0 Å². The van der Waals surface area contributed by atoms with Crippen molar-refractivity contribution in [2.45, 2.75) is 6.42 Å². The van der Waals surface area contributed by atoms with E-state index in [9.17, 15) is 14.4 Å². The predicted molar refractivity (Wildman–Crippen MR) is 75.6 cm³/mol. The van der Waals surface area contributed by atoms with Gasteiger partial charge in [0.05, 0.1) is 22.2 Å². The molecule has 1 aromatic heterocycles. The third-order valence-corrected chi connectivity index (χ3v) is 3.90. The van der Waals surface area contributed by atoms with E-state index in [-0.39, 0.29) is 21.4 Å². The molecule has 0 N–H and O–H groups in total. The van der Waals surface area contributed by atoms with Crippen molar-refractivity contribution in [1.82, 2.24) is 9.88 Å². The Bertz CT molecular complexity index is 722. The molecule has 0 bridgehead atoms. The van der Waals surface area contributed by atoms with Crippen molar-refractivity contribution in [1.29, 1.82) is 0 Å². The number of hydrogen-bond donors (Lipinski definition) is 0. The lowest BCUT2D eigenvalue weighted by molar-refractivity contribution is -0.139. The van der Waals surface area contributed by atoms with Gasteiger partial charge in [0.1, 0.15) is 5.15 Å². The van der Waals surface area contributed by atoms with Gasteiger partial charge in [0, 0.05) is 6.20 Å². The first-order chi connectivity index (χ1) is 10.0. The second-order valence-electron chi connectivity index (χ2n) is 4.60. The highest BCUT2D eigenvalue weighted by molar-refractivity contribution is 6.45. The monoisotopic (exact) mass is 322 g/mol. The molecule has 1 fully saturated rings. The Hall–Kier alpha value is -1.98. The summed E-state index contributed by atoms with van der Waals surface area (Å²) in [4.78, 5) is 41.2. The minimum atomic E-state index is -0.864. The summed E-state index contributed by atoms with van der Waals surface area (Å²) in [5.74, 6) is -2.80. The molecule has 2 aliphatic rings. The van der Waals surface area contributed by atoms with Gasteiger partial charge in [0.2, 0.25) is 5.78 Å². The number of aromatic nitrogens is 1. The predicted octanol–water partition coefficient (Wildman–Crippen LogP) is 2.31. The van der Waals surface area contributed by atoms with E-state index in [2.05, 4.69) is 4.98 Å². The third kappa shape index (κ3) is 2.18. The van der Waals surface area contributed by atoms with Gasteiger partial charge in [-0.05, 0) is 24.6 Å². The fourth-order valence-electron chi connectivity index (χ4n) is 2.37. The standard InChI is InChI=1S/C14H8Cl2N2O3/c15-9-3-1-2-8-11(9)18(14(21)12(8)19)13(20)7-4-5-10(16)17-6-7/h1,3-6,8H,2H2. The molecule has 1 aliphatic heterocycles. The Kier molecular flexibility index (Phi) is 3.39. The number of allylic oxidation sites excluding steroid dienone is 4. The summed E-state index contributed by atoms with van der Waals surface area (Å²) in [6.07, 6.45) is 4.90. The summed E-state index contributed by atoms with van der Waals surface area (Å²) < 4.78 is 0. The van der Waals surface area contributed by atoms with Crippen LogP contribution in [0.2, 0.25) is 5.15 Å². The maximum absolute atomic E-state index is 12.5. The molecule has 0 radical (unpaired) electrons. The van der Waals surface area contributed by atoms with E-state index < -0.39 is 23.5 Å². The number of nitrogens with zero attached hydrogens (tertiary/aromatic N) is 2. The topological polar surface area (TPSA) is 67.3 Å². The molecule has 7 heteroatoms. The van der Waals surface area contributed by atoms with Crippen LogP contribution in [0.3, 0.4) is 0 Å². The first-order valence-electron chi connectivity index (χ1n) is 6.11. The van der Waals surface area contributed by atoms with Crippen molar-refractivity contribution in [2.75, 3.05) is 0 Å². The number of ketones is 1. The molecule has 5 nitrogen and oxygen atoms in total. The number of rotatable bonds is 1. The van der Waals surface area contributed by atoms with Gasteiger partial charge in [-0.15, -0.1) is 0 Å². The second kappa shape index (κ2) is 5.09. The largest absolute Gasteiger partial charge is 0.301 e. The lowest BCUT2D eigenvalue weighted by atomic mass is 9.96. The molecule has 0 spiro atoms. The van der Waals surface area contributed by atoms with Gasteiger partial charge in [-0.1, -0.05) is 29.3 Å². The lowest BCUT2D eigenvalue weighted by Crippen LogP contribution is -2.33. The first-order valence-corrected chi connectivity index (χ1v) is 6.86. The van der Waals surface area contributed by atoms with Crippen LogP contribution in [0.25, 0.3) is 0 Å². The molecule has 1 saturated heterocycles. The molecule has 1 aromatic rings. The Labute approximate surface area is 129 Å². The number of halogens is 2. The van der Waals surface area contributed by atoms with Crippen molar-refractivity contribution in [3.05, 3.63) is 51.9 Å². The highest BCUT2D eigenvalue weighted by Crippen LogP contribution is 2.37. The van der Waals surface area contributed by atoms with E-state index in [1.54, 1.807) is 12.2 Å². The third-order valence-electron chi connectivity index (χ3n) is 3.36. The number of hydrogen-bond acceptors (Lipinski definition) is 4. The van der Waals surface area contributed by atoms with Gasteiger partial charge >= 0.3 is 5.91 Å². The first kappa shape index (κ1) is 14.0. The van der Waals surface area contributed by atoms with Crippen molar-refractivity contribution in [3.8, 4) is 0 Å². The van der Waals surface area contributed by atoms with Gasteiger partial charge in [-0.25, -0.2) is 9.88 Å². The highest BCUT2D eigenvalue weighted by Gasteiger charge is 2.48. The Morgan fingerprint density at radius 2 is 2.05 bits per heavy atom. The maximum Gasteiger partial charge on any atom is 0.301 e. The number of carbonyl (C=O) groups excluding carboxylic acids is 3. The summed E-state index contributed by atoms with van der Waals surface area (Å²) in [5, 5.41) is 0.451. The van der Waals surface area contributed by atoms with Gasteiger partial charge in [-0.2, -0.15) is 0 Å². The average molecular weight is 323 g/mol. The molecule has 1 atom stereocenters. The fourth-order valence-corrected chi connectivity index (χ4v) is 2.78. The molecule has 0 aromatic carbocycles. The molecule has 2 heterocycles. The summed E-state index contributed by atoms with van der Waals surface area (Å²) in [6.45, 7) is 0. The molecular weight excluding hydrogens is 315 g/mol. The number of Topliss-reactive ketones (excluding diaryl/α,β-unsaturated/α-hetero) is 1. The maximum atomic E-state index is 12.5. The van der Waals surface area contributed by atoms with E-state index in [4.69, 9.17) is 23.2 Å². The fraction of sp³-hybridized carbons (Fsp3) is 0.143. The molecule has 1 unspecified atom stereocenters. The smallest absolute Gasteiger partial charge is 0.288 e. The van der Waals surface area contributed by atoms with Crippen molar-refractivity contribution in [3.63, 3.8) is 0 Å². The van der Waals surface area contributed by atoms with Crippen LogP contribution in [0.15, 0.2) is 41.2 Å². The Morgan fingerprint density at radius 1 is 1.29 bits per heavy atom. The van der Waals surface area contributed by atoms with Crippen LogP contribution in [0.1, 0.15) is 16.8 Å². The number of carbonyl (C=O) groups is 3. The zero-order valence-corrected chi connectivity index (χ0v) is 12.1. The lowest BCUT2D eigenvalue weighted by Gasteiger charge is -2.20. The van der Waals surface area contributed by atoms with Crippen molar-refractivity contribution < 1.29 is 14.4 Å². The number of fused-ring (bicyclic) bond motifs is 1. The average Bonchev–Trinajstić information content (AvgIpc) is 2.73. The summed E-state index contributed by atoms with van der Waals surface area (Å²) in [7, 11) is 0. The molecular formula is C14H8Cl2N2O3. The normalized spacial score (nSPS) is 21.0. The van der Waals surface area contributed by atoms with Crippen molar-refractivity contribution >= 4 is 40.8 Å². The van der Waals surface area contributed by atoms with Gasteiger partial charge in [-0.3, -0.25) is 14.4 Å². The molecule has 21 heavy (non-hydrogen) atoms. The van der Waals surface area contributed by atoms with Gasteiger partial charge < -0.3 is 0 Å². The van der Waals surface area contributed by atoms with Crippen LogP contribution in [0.5, 0.6) is 0 Å². The minimum absolute atomic E-state index is 0.160. The molecule has 0 saturated carbocycles. The van der Waals surface area contributed by atoms with Crippen LogP contribution in [-0.4, -0.2) is 27.5 Å². The Morgan fingerprint density at radius 3 is 2.71 bits per heavy atom. The zero-order valence-electron chi connectivity index (χ0n) is 10.5. The quantitative estimate of drug-likeness (QED) is 0.452. The molecule has 1 aliphatic carbocycles. The number of amides is 2. The van der Waals surface area contributed by atoms with Crippen LogP contribution < -0.4 is 0 Å². The Balaban J connectivity index is 2.06. The minimum Gasteiger partial charge on any atom is -0.288 e. The molecule has 2 amide bonds. The van der Waals surface area contributed by atoms with Crippen LogP contribution >= 0.6 is 23.2 Å². The summed E-state index contributed by atoms with van der Waals surface area (Å²) in [6, 6.07) is 2.88. The van der Waals surface area contributed by atoms with E-state index in [0.717, 1.165) is 4.90 Å². The summed E-state index contributed by atoms with van der Waals surface area (Å²) >= 11 is 11.7. The van der Waals surface area contributed by atoms with Crippen LogP contribution in [0.4, 0.5) is 0 Å². The van der Waals surface area contributed by atoms with Crippen LogP contribution in [-0.2, 0) is 9.59 Å². The van der Waals surface area contributed by atoms with E-state index in [1.165, 1.54) is 18.3 Å². The van der Waals surface area contributed by atoms with Gasteiger partial charge in [0.25, 0.3) is 5.91 Å². The number of likely N-dealkylation sites (tertiary alicyclic amines) is 1.